The SMILES string of the molecule is CC(=O)OC1=C(N)OC(C)(c2ccco2)C1=O. The van der Waals surface area contributed by atoms with Crippen molar-refractivity contribution in [3.8, 4) is 0 Å². The minimum Gasteiger partial charge on any atom is -0.465 e. The minimum absolute atomic E-state index is 0.218. The highest BCUT2D eigenvalue weighted by Crippen LogP contribution is 2.37. The molecule has 0 saturated heterocycles. The fraction of sp³-hybridized carbons (Fsp3) is 0.273. The van der Waals surface area contributed by atoms with Gasteiger partial charge in [-0.2, -0.15) is 0 Å². The van der Waals surface area contributed by atoms with Gasteiger partial charge in [0.25, 0.3) is 5.78 Å². The number of nitrogens with two attached hydrogens (primary N) is 1. The van der Waals surface area contributed by atoms with Gasteiger partial charge in [0.05, 0.1) is 6.26 Å². The molecule has 1 aliphatic rings. The van der Waals surface area contributed by atoms with Gasteiger partial charge in [-0.15, -0.1) is 0 Å². The average Bonchev–Trinajstić information content (AvgIpc) is 2.83. The second-order valence-corrected chi connectivity index (χ2v) is 3.73. The predicted octanol–water partition coefficient (Wildman–Crippen LogP) is 0.785. The van der Waals surface area contributed by atoms with E-state index < -0.39 is 17.4 Å². The molecule has 0 radical (unpaired) electrons. The van der Waals surface area contributed by atoms with Gasteiger partial charge in [-0.3, -0.25) is 9.59 Å². The Bertz CT molecular complexity index is 502. The van der Waals surface area contributed by atoms with Gasteiger partial charge in [-0.25, -0.2) is 0 Å². The lowest BCUT2D eigenvalue weighted by molar-refractivity contribution is -0.142. The molecule has 17 heavy (non-hydrogen) atoms. The fourth-order valence-electron chi connectivity index (χ4n) is 1.59. The Kier molecular flexibility index (Phi) is 2.42. The summed E-state index contributed by atoms with van der Waals surface area (Å²) < 4.78 is 15.1. The van der Waals surface area contributed by atoms with Crippen LogP contribution in [0.2, 0.25) is 0 Å². The fourth-order valence-corrected chi connectivity index (χ4v) is 1.59. The summed E-state index contributed by atoms with van der Waals surface area (Å²) in [4.78, 5) is 22.9. The van der Waals surface area contributed by atoms with Crippen LogP contribution in [0.3, 0.4) is 0 Å². The van der Waals surface area contributed by atoms with Gasteiger partial charge in [0.1, 0.15) is 0 Å². The largest absolute Gasteiger partial charge is 0.465 e. The number of rotatable bonds is 2. The summed E-state index contributed by atoms with van der Waals surface area (Å²) >= 11 is 0. The third-order valence-corrected chi connectivity index (χ3v) is 2.41. The maximum Gasteiger partial charge on any atom is 0.308 e. The molecule has 1 aliphatic heterocycles. The smallest absolute Gasteiger partial charge is 0.308 e. The quantitative estimate of drug-likeness (QED) is 0.764. The molecule has 1 aromatic rings. The number of carbonyl (C=O) groups is 2. The highest BCUT2D eigenvalue weighted by molar-refractivity contribution is 6.03. The lowest BCUT2D eigenvalue weighted by Gasteiger charge is -2.19. The summed E-state index contributed by atoms with van der Waals surface area (Å²) in [5.41, 5.74) is 4.14. The molecule has 90 valence electrons. The topological polar surface area (TPSA) is 91.8 Å². The molecule has 2 heterocycles. The molecule has 1 aromatic heterocycles. The third kappa shape index (κ3) is 1.67. The molecule has 1 unspecified atom stereocenters. The Hall–Kier alpha value is -2.24. The number of carbonyl (C=O) groups excluding carboxylic acids is 2. The first kappa shape index (κ1) is 11.3. The summed E-state index contributed by atoms with van der Waals surface area (Å²) in [6, 6.07) is 3.21. The van der Waals surface area contributed by atoms with Gasteiger partial charge in [0.15, 0.2) is 5.76 Å². The van der Waals surface area contributed by atoms with Crippen molar-refractivity contribution in [3.05, 3.63) is 35.8 Å². The van der Waals surface area contributed by atoms with Crippen molar-refractivity contribution in [2.45, 2.75) is 19.4 Å². The van der Waals surface area contributed by atoms with Crippen molar-refractivity contribution < 1.29 is 23.5 Å². The van der Waals surface area contributed by atoms with E-state index in [9.17, 15) is 9.59 Å². The van der Waals surface area contributed by atoms with Crippen LogP contribution in [-0.2, 0) is 24.7 Å². The molecule has 0 fully saturated rings. The zero-order valence-electron chi connectivity index (χ0n) is 9.35. The van der Waals surface area contributed by atoms with E-state index in [1.807, 2.05) is 0 Å². The summed E-state index contributed by atoms with van der Waals surface area (Å²) in [5.74, 6) is -1.38. The van der Waals surface area contributed by atoms with E-state index in [1.165, 1.54) is 20.1 Å². The molecule has 6 nitrogen and oxygen atoms in total. The van der Waals surface area contributed by atoms with Crippen LogP contribution in [-0.4, -0.2) is 11.8 Å². The zero-order chi connectivity index (χ0) is 12.6. The van der Waals surface area contributed by atoms with Gasteiger partial charge >= 0.3 is 5.97 Å². The van der Waals surface area contributed by atoms with E-state index in [0.717, 1.165) is 0 Å². The molecule has 1 atom stereocenters. The van der Waals surface area contributed by atoms with Gasteiger partial charge in [0, 0.05) is 6.92 Å². The molecular formula is C11H11NO5. The first-order valence-corrected chi connectivity index (χ1v) is 4.91. The summed E-state index contributed by atoms with van der Waals surface area (Å²) in [5, 5.41) is 0. The van der Waals surface area contributed by atoms with Crippen molar-refractivity contribution in [2.24, 2.45) is 5.73 Å². The number of esters is 1. The van der Waals surface area contributed by atoms with Crippen LogP contribution in [0.4, 0.5) is 0 Å². The van der Waals surface area contributed by atoms with Crippen LogP contribution in [0.1, 0.15) is 19.6 Å². The van der Waals surface area contributed by atoms with Crippen LogP contribution >= 0.6 is 0 Å². The van der Waals surface area contributed by atoms with Gasteiger partial charge in [-0.1, -0.05) is 0 Å². The number of hydrogen-bond acceptors (Lipinski definition) is 6. The van der Waals surface area contributed by atoms with Gasteiger partial charge in [-0.05, 0) is 19.1 Å². The molecule has 0 saturated carbocycles. The Morgan fingerprint density at radius 1 is 1.53 bits per heavy atom. The maximum absolute atomic E-state index is 12.1. The predicted molar refractivity (Wildman–Crippen MR) is 55.1 cm³/mol. The summed E-state index contributed by atoms with van der Waals surface area (Å²) in [6.45, 7) is 2.67. The normalized spacial score (nSPS) is 23.8. The van der Waals surface area contributed by atoms with Crippen LogP contribution in [0.25, 0.3) is 0 Å². The lowest BCUT2D eigenvalue weighted by atomic mass is 9.98. The van der Waals surface area contributed by atoms with Crippen LogP contribution in [0.5, 0.6) is 0 Å². The Balaban J connectivity index is 2.34. The van der Waals surface area contributed by atoms with Gasteiger partial charge < -0.3 is 19.6 Å². The lowest BCUT2D eigenvalue weighted by Crippen LogP contribution is -2.31. The summed E-state index contributed by atoms with van der Waals surface area (Å²) in [6.07, 6.45) is 1.41. The van der Waals surface area contributed by atoms with Crippen molar-refractivity contribution in [2.75, 3.05) is 0 Å². The van der Waals surface area contributed by atoms with Crippen LogP contribution < -0.4 is 5.73 Å². The minimum atomic E-state index is -1.38. The van der Waals surface area contributed by atoms with Crippen molar-refractivity contribution >= 4 is 11.8 Å². The summed E-state index contributed by atoms with van der Waals surface area (Å²) in [7, 11) is 0. The van der Waals surface area contributed by atoms with E-state index >= 15 is 0 Å². The Labute approximate surface area is 97.0 Å². The molecule has 0 spiro atoms. The van der Waals surface area contributed by atoms with E-state index in [0.29, 0.717) is 5.76 Å². The molecular weight excluding hydrogens is 226 g/mol. The molecule has 6 heteroatoms. The Morgan fingerprint density at radius 2 is 2.24 bits per heavy atom. The first-order valence-electron chi connectivity index (χ1n) is 4.91. The first-order chi connectivity index (χ1) is 7.95. The maximum atomic E-state index is 12.1. The van der Waals surface area contributed by atoms with E-state index in [2.05, 4.69) is 0 Å². The molecule has 0 aliphatic carbocycles. The molecule has 2 N–H and O–H groups in total. The second-order valence-electron chi connectivity index (χ2n) is 3.73. The Morgan fingerprint density at radius 3 is 2.76 bits per heavy atom. The average molecular weight is 237 g/mol. The molecule has 0 aromatic carbocycles. The molecule has 0 amide bonds. The van der Waals surface area contributed by atoms with Crippen LogP contribution in [0, 0.1) is 0 Å². The third-order valence-electron chi connectivity index (χ3n) is 2.41. The molecule has 0 bridgehead atoms. The van der Waals surface area contributed by atoms with Gasteiger partial charge in [0.2, 0.25) is 17.2 Å². The van der Waals surface area contributed by atoms with E-state index in [-0.39, 0.29) is 11.6 Å². The number of hydrogen-bond donors (Lipinski definition) is 1. The zero-order valence-corrected chi connectivity index (χ0v) is 9.35. The number of ketones is 1. The monoisotopic (exact) mass is 237 g/mol. The van der Waals surface area contributed by atoms with Crippen LogP contribution in [0.15, 0.2) is 34.5 Å². The van der Waals surface area contributed by atoms with E-state index in [4.69, 9.17) is 19.6 Å². The standard InChI is InChI=1S/C11H11NO5/c1-6(13)16-8-9(14)11(2,17-10(8)12)7-4-3-5-15-7/h3-5H,12H2,1-2H3. The van der Waals surface area contributed by atoms with Crippen molar-refractivity contribution in [1.29, 1.82) is 0 Å². The van der Waals surface area contributed by atoms with Crippen molar-refractivity contribution in [3.63, 3.8) is 0 Å². The highest BCUT2D eigenvalue weighted by Gasteiger charge is 2.50. The number of furan rings is 1. The van der Waals surface area contributed by atoms with Crippen molar-refractivity contribution in [1.82, 2.24) is 0 Å². The number of Topliss-reactive ketones (excluding diaryl/α,β-unsaturated/α-hetero) is 1. The molecule has 2 rings (SSSR count). The highest BCUT2D eigenvalue weighted by atomic mass is 16.6. The number of ether oxygens (including phenoxy) is 2. The second kappa shape index (κ2) is 3.65. The van der Waals surface area contributed by atoms with E-state index in [1.54, 1.807) is 12.1 Å².